The molecule has 0 spiro atoms. The molecule has 5 heteroatoms. The Bertz CT molecular complexity index is 444. The summed E-state index contributed by atoms with van der Waals surface area (Å²) in [6.07, 6.45) is 3.29. The first-order chi connectivity index (χ1) is 5.27. The van der Waals surface area contributed by atoms with Crippen molar-refractivity contribution in [2.75, 3.05) is 0 Å². The Balaban J connectivity index is 2.98. The van der Waals surface area contributed by atoms with Crippen LogP contribution in [0.4, 0.5) is 0 Å². The van der Waals surface area contributed by atoms with Crippen molar-refractivity contribution in [2.45, 2.75) is 0 Å². The minimum Gasteiger partial charge on any atom is -0.299 e. The van der Waals surface area contributed by atoms with Gasteiger partial charge in [-0.05, 0) is 22.6 Å². The molecule has 0 atom stereocenters. The van der Waals surface area contributed by atoms with Gasteiger partial charge in [-0.1, -0.05) is 0 Å². The van der Waals surface area contributed by atoms with Crippen molar-refractivity contribution < 1.29 is 0 Å². The van der Waals surface area contributed by atoms with Crippen molar-refractivity contribution in [3.63, 3.8) is 0 Å². The Morgan fingerprint density at radius 1 is 1.64 bits per heavy atom. The predicted molar refractivity (Wildman–Crippen MR) is 48.5 cm³/mol. The minimum atomic E-state index is -0.206. The lowest BCUT2D eigenvalue weighted by molar-refractivity contribution is 0.911. The standard InChI is InChI=1S/C6H4IN3O/c7-4-2-9-10-3-8-6(11)1-5(4)10/h1-3,9H. The molecule has 0 saturated heterocycles. The second kappa shape index (κ2) is 2.33. The Morgan fingerprint density at radius 2 is 2.45 bits per heavy atom. The average Bonchev–Trinajstić information content (AvgIpc) is 2.33. The molecule has 0 radical (unpaired) electrons. The third kappa shape index (κ3) is 1.05. The number of nitrogens with zero attached hydrogens (tertiary/aromatic N) is 2. The summed E-state index contributed by atoms with van der Waals surface area (Å²) < 4.78 is 2.71. The lowest BCUT2D eigenvalue weighted by Crippen LogP contribution is -2.05. The van der Waals surface area contributed by atoms with E-state index in [2.05, 4.69) is 32.7 Å². The second-order valence-corrected chi connectivity index (χ2v) is 3.27. The van der Waals surface area contributed by atoms with Gasteiger partial charge >= 0.3 is 0 Å². The van der Waals surface area contributed by atoms with Gasteiger partial charge in [0.05, 0.1) is 9.09 Å². The molecule has 2 aromatic heterocycles. The first kappa shape index (κ1) is 6.84. The maximum Gasteiger partial charge on any atom is 0.273 e. The number of aromatic nitrogens is 3. The van der Waals surface area contributed by atoms with Gasteiger partial charge < -0.3 is 0 Å². The van der Waals surface area contributed by atoms with E-state index in [4.69, 9.17) is 0 Å². The van der Waals surface area contributed by atoms with Gasteiger partial charge in [-0.15, -0.1) is 0 Å². The largest absolute Gasteiger partial charge is 0.299 e. The van der Waals surface area contributed by atoms with Crippen LogP contribution in [0.1, 0.15) is 0 Å². The van der Waals surface area contributed by atoms with E-state index in [1.165, 1.54) is 12.4 Å². The highest BCUT2D eigenvalue weighted by atomic mass is 127. The maximum absolute atomic E-state index is 10.8. The van der Waals surface area contributed by atoms with Gasteiger partial charge in [-0.2, -0.15) is 4.98 Å². The third-order valence-corrected chi connectivity index (χ3v) is 2.26. The first-order valence-corrected chi connectivity index (χ1v) is 4.06. The van der Waals surface area contributed by atoms with Crippen LogP contribution in [-0.2, 0) is 0 Å². The lowest BCUT2D eigenvalue weighted by atomic mass is 10.5. The molecule has 56 valence electrons. The van der Waals surface area contributed by atoms with Crippen molar-refractivity contribution >= 4 is 28.1 Å². The Morgan fingerprint density at radius 3 is 3.27 bits per heavy atom. The number of hydrogen-bond donors (Lipinski definition) is 1. The van der Waals surface area contributed by atoms with Crippen molar-refractivity contribution in [1.82, 2.24) is 14.6 Å². The number of hydrogen-bond acceptors (Lipinski definition) is 2. The highest BCUT2D eigenvalue weighted by molar-refractivity contribution is 14.1. The van der Waals surface area contributed by atoms with E-state index in [0.29, 0.717) is 0 Å². The number of halogens is 1. The van der Waals surface area contributed by atoms with Crippen molar-refractivity contribution in [1.29, 1.82) is 0 Å². The molecular formula is C6H4IN3O. The highest BCUT2D eigenvalue weighted by Crippen LogP contribution is 2.08. The summed E-state index contributed by atoms with van der Waals surface area (Å²) in [5.41, 5.74) is 0.660. The topological polar surface area (TPSA) is 50.2 Å². The number of rotatable bonds is 0. The predicted octanol–water partition coefficient (Wildman–Crippen LogP) is 0.627. The molecule has 0 amide bonds. The first-order valence-electron chi connectivity index (χ1n) is 2.99. The van der Waals surface area contributed by atoms with Gasteiger partial charge in [0.2, 0.25) is 0 Å². The van der Waals surface area contributed by atoms with Crippen LogP contribution in [0.3, 0.4) is 0 Å². The average molecular weight is 261 g/mol. The van der Waals surface area contributed by atoms with Crippen molar-refractivity contribution in [3.8, 4) is 0 Å². The van der Waals surface area contributed by atoms with E-state index < -0.39 is 0 Å². The number of aromatic amines is 1. The summed E-state index contributed by atoms with van der Waals surface area (Å²) in [7, 11) is 0. The van der Waals surface area contributed by atoms with Gasteiger partial charge in [-0.3, -0.25) is 9.89 Å². The van der Waals surface area contributed by atoms with Crippen LogP contribution in [0.25, 0.3) is 5.52 Å². The Labute approximate surface area is 75.4 Å². The molecule has 0 saturated carbocycles. The highest BCUT2D eigenvalue weighted by Gasteiger charge is 1.98. The van der Waals surface area contributed by atoms with Gasteiger partial charge in [0.1, 0.15) is 6.33 Å². The van der Waals surface area contributed by atoms with E-state index >= 15 is 0 Å². The zero-order chi connectivity index (χ0) is 7.84. The van der Waals surface area contributed by atoms with Crippen LogP contribution in [0, 0.1) is 3.57 Å². The van der Waals surface area contributed by atoms with Gasteiger partial charge in [0.25, 0.3) is 5.56 Å². The minimum absolute atomic E-state index is 0.206. The summed E-state index contributed by atoms with van der Waals surface area (Å²) >= 11 is 2.15. The quantitative estimate of drug-likeness (QED) is 0.707. The van der Waals surface area contributed by atoms with E-state index in [-0.39, 0.29) is 5.56 Å². The molecule has 0 aliphatic heterocycles. The third-order valence-electron chi connectivity index (χ3n) is 1.40. The molecule has 11 heavy (non-hydrogen) atoms. The molecule has 0 aliphatic rings. The summed E-state index contributed by atoms with van der Waals surface area (Å²) in [5, 5.41) is 2.92. The summed E-state index contributed by atoms with van der Waals surface area (Å²) in [4.78, 5) is 14.4. The summed E-state index contributed by atoms with van der Waals surface area (Å²) in [6, 6.07) is 1.50. The Hall–Kier alpha value is -0.850. The SMILES string of the molecule is O=c1cc2c(I)c[nH]n2cn1. The van der Waals surface area contributed by atoms with E-state index in [9.17, 15) is 4.79 Å². The number of fused-ring (bicyclic) bond motifs is 1. The molecule has 2 heterocycles. The molecule has 0 bridgehead atoms. The second-order valence-electron chi connectivity index (χ2n) is 2.10. The fraction of sp³-hybridized carbons (Fsp3) is 0. The van der Waals surface area contributed by atoms with Gasteiger partial charge in [0.15, 0.2) is 0 Å². The van der Waals surface area contributed by atoms with Crippen LogP contribution in [0.2, 0.25) is 0 Å². The molecular weight excluding hydrogens is 257 g/mol. The zero-order valence-corrected chi connectivity index (χ0v) is 7.57. The monoisotopic (exact) mass is 261 g/mol. The van der Waals surface area contributed by atoms with Crippen LogP contribution < -0.4 is 5.56 Å². The van der Waals surface area contributed by atoms with Gasteiger partial charge in [0, 0.05) is 12.3 Å². The zero-order valence-electron chi connectivity index (χ0n) is 5.41. The number of nitrogens with one attached hydrogen (secondary N) is 1. The van der Waals surface area contributed by atoms with Crippen molar-refractivity contribution in [2.24, 2.45) is 0 Å². The molecule has 2 rings (SSSR count). The van der Waals surface area contributed by atoms with E-state index in [0.717, 1.165) is 9.09 Å². The fourth-order valence-electron chi connectivity index (χ4n) is 0.888. The van der Waals surface area contributed by atoms with Gasteiger partial charge in [-0.25, -0.2) is 4.52 Å². The van der Waals surface area contributed by atoms with Crippen LogP contribution in [0.15, 0.2) is 23.4 Å². The smallest absolute Gasteiger partial charge is 0.273 e. The molecule has 1 N–H and O–H groups in total. The van der Waals surface area contributed by atoms with Crippen molar-refractivity contribution in [3.05, 3.63) is 32.5 Å². The maximum atomic E-state index is 10.8. The fourth-order valence-corrected chi connectivity index (χ4v) is 1.44. The molecule has 0 aromatic carbocycles. The van der Waals surface area contributed by atoms with E-state index in [1.807, 2.05) is 6.20 Å². The molecule has 4 nitrogen and oxygen atoms in total. The Kier molecular flexibility index (Phi) is 1.45. The number of H-pyrrole nitrogens is 1. The van der Waals surface area contributed by atoms with E-state index in [1.54, 1.807) is 4.52 Å². The normalized spacial score (nSPS) is 10.6. The molecule has 0 aliphatic carbocycles. The van der Waals surface area contributed by atoms with Crippen LogP contribution >= 0.6 is 22.6 Å². The summed E-state index contributed by atoms with van der Waals surface area (Å²) in [5.74, 6) is 0. The molecule has 2 aromatic rings. The molecule has 0 fully saturated rings. The van der Waals surface area contributed by atoms with Crippen LogP contribution in [0.5, 0.6) is 0 Å². The lowest BCUT2D eigenvalue weighted by Gasteiger charge is -1.88. The summed E-state index contributed by atoms with van der Waals surface area (Å²) in [6.45, 7) is 0. The molecule has 0 unspecified atom stereocenters. The van der Waals surface area contributed by atoms with Crippen LogP contribution in [-0.4, -0.2) is 14.6 Å².